The zero-order valence-electron chi connectivity index (χ0n) is 5.54. The first-order valence-electron chi connectivity index (χ1n) is 2.69. The molecule has 0 aliphatic heterocycles. The first-order valence-corrected chi connectivity index (χ1v) is 3.07. The standard InChI is InChI=1S/C7H5ClO2.H2O/c8-6-3-1-5(2-4-6)7(9)10;/h1-4H,(H,9,10);1H2. The number of carbonyl (C=O) groups is 1. The second kappa shape index (κ2) is 3.95. The van der Waals surface area contributed by atoms with E-state index in [0.29, 0.717) is 5.02 Å². The van der Waals surface area contributed by atoms with Crippen molar-refractivity contribution >= 4 is 17.6 Å². The summed E-state index contributed by atoms with van der Waals surface area (Å²) in [6.07, 6.45) is 0. The molecule has 11 heavy (non-hydrogen) atoms. The van der Waals surface area contributed by atoms with Gasteiger partial charge >= 0.3 is 5.97 Å². The van der Waals surface area contributed by atoms with Crippen molar-refractivity contribution < 1.29 is 15.4 Å². The molecule has 0 bridgehead atoms. The molecule has 0 aliphatic rings. The predicted molar refractivity (Wildman–Crippen MR) is 42.0 cm³/mol. The van der Waals surface area contributed by atoms with Crippen LogP contribution in [-0.4, -0.2) is 16.6 Å². The van der Waals surface area contributed by atoms with Gasteiger partial charge in [0.05, 0.1) is 5.56 Å². The summed E-state index contributed by atoms with van der Waals surface area (Å²) in [6.45, 7) is 0. The molecule has 0 saturated carbocycles. The lowest BCUT2D eigenvalue weighted by Gasteiger charge is -1.91. The number of carboxylic acid groups (broad SMARTS) is 1. The molecule has 0 aliphatic carbocycles. The van der Waals surface area contributed by atoms with Crippen LogP contribution in [0.3, 0.4) is 0 Å². The molecule has 0 fully saturated rings. The van der Waals surface area contributed by atoms with Gasteiger partial charge in [-0.2, -0.15) is 0 Å². The Labute approximate surface area is 68.5 Å². The van der Waals surface area contributed by atoms with Gasteiger partial charge in [-0.05, 0) is 24.3 Å². The normalized spacial score (nSPS) is 8.45. The number of rotatable bonds is 1. The second-order valence-electron chi connectivity index (χ2n) is 1.81. The van der Waals surface area contributed by atoms with Gasteiger partial charge in [0.1, 0.15) is 0 Å². The van der Waals surface area contributed by atoms with Crippen LogP contribution in [0.2, 0.25) is 5.02 Å². The molecule has 1 aromatic rings. The van der Waals surface area contributed by atoms with E-state index in [1.807, 2.05) is 0 Å². The Hall–Kier alpha value is -1.06. The maximum Gasteiger partial charge on any atom is 0.335 e. The molecule has 0 aromatic heterocycles. The Bertz CT molecular complexity index is 242. The molecular weight excluding hydrogens is 168 g/mol. The van der Waals surface area contributed by atoms with Crippen LogP contribution in [0.25, 0.3) is 0 Å². The Morgan fingerprint density at radius 1 is 1.27 bits per heavy atom. The van der Waals surface area contributed by atoms with E-state index in [0.717, 1.165) is 0 Å². The topological polar surface area (TPSA) is 68.8 Å². The van der Waals surface area contributed by atoms with E-state index in [9.17, 15) is 4.79 Å². The Balaban J connectivity index is 0.000001000. The van der Waals surface area contributed by atoms with Crippen LogP contribution in [0.1, 0.15) is 10.4 Å². The zero-order valence-corrected chi connectivity index (χ0v) is 6.30. The smallest absolute Gasteiger partial charge is 0.335 e. The monoisotopic (exact) mass is 174 g/mol. The van der Waals surface area contributed by atoms with Crippen LogP contribution in [0.15, 0.2) is 24.3 Å². The molecule has 1 rings (SSSR count). The molecular formula is C7H7ClO3. The van der Waals surface area contributed by atoms with E-state index in [2.05, 4.69) is 0 Å². The number of hydrogen-bond acceptors (Lipinski definition) is 1. The summed E-state index contributed by atoms with van der Waals surface area (Å²) in [5.74, 6) is -0.934. The van der Waals surface area contributed by atoms with Gasteiger partial charge in [-0.1, -0.05) is 11.6 Å². The minimum atomic E-state index is -0.934. The van der Waals surface area contributed by atoms with Crippen LogP contribution < -0.4 is 0 Å². The summed E-state index contributed by atoms with van der Waals surface area (Å²) in [7, 11) is 0. The predicted octanol–water partition coefficient (Wildman–Crippen LogP) is 1.21. The van der Waals surface area contributed by atoms with Crippen molar-refractivity contribution in [1.82, 2.24) is 0 Å². The fourth-order valence-electron chi connectivity index (χ4n) is 0.592. The van der Waals surface area contributed by atoms with Gasteiger partial charge in [-0.3, -0.25) is 0 Å². The third-order valence-corrected chi connectivity index (χ3v) is 1.34. The Kier molecular flexibility index (Phi) is 3.57. The molecule has 1 aromatic carbocycles. The number of aromatic carboxylic acids is 1. The number of halogens is 1. The second-order valence-corrected chi connectivity index (χ2v) is 2.25. The quantitative estimate of drug-likeness (QED) is 0.696. The van der Waals surface area contributed by atoms with Crippen molar-refractivity contribution in [3.05, 3.63) is 34.9 Å². The molecule has 0 unspecified atom stereocenters. The van der Waals surface area contributed by atoms with Crippen LogP contribution in [0.4, 0.5) is 0 Å². The van der Waals surface area contributed by atoms with Gasteiger partial charge in [0.2, 0.25) is 0 Å². The lowest BCUT2D eigenvalue weighted by Crippen LogP contribution is -1.94. The van der Waals surface area contributed by atoms with Gasteiger partial charge in [0, 0.05) is 5.02 Å². The molecule has 3 N–H and O–H groups in total. The largest absolute Gasteiger partial charge is 0.478 e. The first kappa shape index (κ1) is 9.94. The van der Waals surface area contributed by atoms with Crippen molar-refractivity contribution in [3.63, 3.8) is 0 Å². The average Bonchev–Trinajstić information content (AvgIpc) is 1.88. The highest BCUT2D eigenvalue weighted by molar-refractivity contribution is 6.30. The molecule has 0 spiro atoms. The minimum absolute atomic E-state index is 0. The Morgan fingerprint density at radius 2 is 1.73 bits per heavy atom. The maximum absolute atomic E-state index is 10.3. The summed E-state index contributed by atoms with van der Waals surface area (Å²) >= 11 is 5.52. The molecule has 0 amide bonds. The zero-order chi connectivity index (χ0) is 7.56. The van der Waals surface area contributed by atoms with Crippen LogP contribution >= 0.6 is 11.6 Å². The SMILES string of the molecule is O.O=C(O)c1ccc(Cl)cc1. The fourth-order valence-corrected chi connectivity index (χ4v) is 0.718. The Morgan fingerprint density at radius 3 is 2.09 bits per heavy atom. The minimum Gasteiger partial charge on any atom is -0.478 e. The van der Waals surface area contributed by atoms with E-state index in [-0.39, 0.29) is 11.0 Å². The summed E-state index contributed by atoms with van der Waals surface area (Å²) in [5, 5.41) is 8.98. The highest BCUT2D eigenvalue weighted by Crippen LogP contribution is 2.08. The van der Waals surface area contributed by atoms with Gasteiger partial charge in [0.25, 0.3) is 0 Å². The lowest BCUT2D eigenvalue weighted by molar-refractivity contribution is 0.0697. The van der Waals surface area contributed by atoms with Gasteiger partial charge in [0.15, 0.2) is 0 Å². The summed E-state index contributed by atoms with van der Waals surface area (Å²) in [5.41, 5.74) is 0.254. The van der Waals surface area contributed by atoms with Crippen molar-refractivity contribution in [2.75, 3.05) is 0 Å². The molecule has 0 heterocycles. The van der Waals surface area contributed by atoms with Gasteiger partial charge in [-0.15, -0.1) is 0 Å². The molecule has 60 valence electrons. The molecule has 4 heteroatoms. The summed E-state index contributed by atoms with van der Waals surface area (Å²) in [4.78, 5) is 10.3. The third-order valence-electron chi connectivity index (χ3n) is 1.09. The number of benzene rings is 1. The van der Waals surface area contributed by atoms with Crippen LogP contribution in [0, 0.1) is 0 Å². The summed E-state index contributed by atoms with van der Waals surface area (Å²) < 4.78 is 0. The van der Waals surface area contributed by atoms with E-state index < -0.39 is 5.97 Å². The van der Waals surface area contributed by atoms with Crippen molar-refractivity contribution in [2.45, 2.75) is 0 Å². The van der Waals surface area contributed by atoms with E-state index in [1.165, 1.54) is 12.1 Å². The van der Waals surface area contributed by atoms with Crippen LogP contribution in [-0.2, 0) is 0 Å². The number of hydrogen-bond donors (Lipinski definition) is 1. The molecule has 0 radical (unpaired) electrons. The highest BCUT2D eigenvalue weighted by atomic mass is 35.5. The lowest BCUT2D eigenvalue weighted by atomic mass is 10.2. The van der Waals surface area contributed by atoms with E-state index >= 15 is 0 Å². The average molecular weight is 175 g/mol. The van der Waals surface area contributed by atoms with E-state index in [1.54, 1.807) is 12.1 Å². The van der Waals surface area contributed by atoms with E-state index in [4.69, 9.17) is 16.7 Å². The highest BCUT2D eigenvalue weighted by Gasteiger charge is 1.99. The first-order chi connectivity index (χ1) is 4.70. The van der Waals surface area contributed by atoms with Crippen molar-refractivity contribution in [1.29, 1.82) is 0 Å². The third kappa shape index (κ3) is 2.57. The fraction of sp³-hybridized carbons (Fsp3) is 0. The summed E-state index contributed by atoms with van der Waals surface area (Å²) in [6, 6.07) is 6.02. The van der Waals surface area contributed by atoms with Crippen molar-refractivity contribution in [3.8, 4) is 0 Å². The van der Waals surface area contributed by atoms with Crippen molar-refractivity contribution in [2.24, 2.45) is 0 Å². The number of carboxylic acids is 1. The maximum atomic E-state index is 10.3. The molecule has 3 nitrogen and oxygen atoms in total. The molecule has 0 saturated heterocycles. The van der Waals surface area contributed by atoms with Gasteiger partial charge < -0.3 is 10.6 Å². The van der Waals surface area contributed by atoms with Gasteiger partial charge in [-0.25, -0.2) is 4.79 Å². The van der Waals surface area contributed by atoms with Crippen LogP contribution in [0.5, 0.6) is 0 Å². The molecule has 0 atom stereocenters.